The maximum absolute atomic E-state index is 13.5. The number of amides is 4. The van der Waals surface area contributed by atoms with Gasteiger partial charge in [0.25, 0.3) is 11.8 Å². The molecule has 1 unspecified atom stereocenters. The van der Waals surface area contributed by atoms with Crippen molar-refractivity contribution in [2.24, 2.45) is 0 Å². The van der Waals surface area contributed by atoms with E-state index in [-0.39, 0.29) is 31.4 Å². The lowest BCUT2D eigenvalue weighted by Gasteiger charge is -2.29. The molecule has 0 aliphatic carbocycles. The SMILES string of the molecule is COCc1cc2c3c(ccc2o1)CN(CC1(c2cc4ncccc4o2)NC(=O)NC1=O)C3=O. The number of carbonyl (C=O) groups excluding carboxylic acids is 3. The van der Waals surface area contributed by atoms with Crippen molar-refractivity contribution in [3.8, 4) is 0 Å². The lowest BCUT2D eigenvalue weighted by atomic mass is 9.95. The summed E-state index contributed by atoms with van der Waals surface area (Å²) in [4.78, 5) is 44.4. The molecule has 4 aromatic rings. The van der Waals surface area contributed by atoms with Gasteiger partial charge in [0.1, 0.15) is 29.2 Å². The maximum atomic E-state index is 13.5. The number of fused-ring (bicyclic) bond motifs is 4. The van der Waals surface area contributed by atoms with Crippen LogP contribution in [0.5, 0.6) is 0 Å². The minimum atomic E-state index is -1.58. The van der Waals surface area contributed by atoms with Gasteiger partial charge in [0, 0.05) is 31.3 Å². The van der Waals surface area contributed by atoms with E-state index in [1.54, 1.807) is 37.6 Å². The van der Waals surface area contributed by atoms with Gasteiger partial charge in [0.2, 0.25) is 0 Å². The van der Waals surface area contributed by atoms with Gasteiger partial charge in [0.15, 0.2) is 11.1 Å². The fourth-order valence-electron chi connectivity index (χ4n) is 4.59. The van der Waals surface area contributed by atoms with Crippen LogP contribution in [-0.2, 0) is 28.2 Å². The van der Waals surface area contributed by atoms with E-state index >= 15 is 0 Å². The Balaban J connectivity index is 1.40. The number of methoxy groups -OCH3 is 1. The normalized spacial score (nSPS) is 20.0. The third-order valence-electron chi connectivity index (χ3n) is 6.06. The van der Waals surface area contributed by atoms with Crippen LogP contribution in [0.1, 0.15) is 27.4 Å². The molecule has 166 valence electrons. The Morgan fingerprint density at radius 1 is 1.15 bits per heavy atom. The van der Waals surface area contributed by atoms with Crippen LogP contribution in [-0.4, -0.2) is 41.4 Å². The van der Waals surface area contributed by atoms with E-state index in [0.717, 1.165) is 5.56 Å². The first-order valence-electron chi connectivity index (χ1n) is 10.3. The number of urea groups is 1. The van der Waals surface area contributed by atoms with Gasteiger partial charge in [-0.1, -0.05) is 6.07 Å². The third kappa shape index (κ3) is 2.84. The standard InChI is InChI=1S/C23H18N4O6/c1-31-10-13-7-14-16(32-13)5-4-12-9-27(20(28)19(12)14)11-23(21(29)25-22(30)26-23)18-8-15-17(33-18)3-2-6-24-15/h2-8H,9-11H2,1H3,(H2,25,26,29,30). The molecule has 1 saturated heterocycles. The number of benzene rings is 1. The molecule has 1 fully saturated rings. The van der Waals surface area contributed by atoms with Crippen LogP contribution < -0.4 is 10.6 Å². The molecule has 5 heterocycles. The molecule has 0 saturated carbocycles. The summed E-state index contributed by atoms with van der Waals surface area (Å²) in [6.45, 7) is 0.456. The van der Waals surface area contributed by atoms with E-state index in [2.05, 4.69) is 15.6 Å². The molecule has 0 bridgehead atoms. The van der Waals surface area contributed by atoms with E-state index in [9.17, 15) is 14.4 Å². The van der Waals surface area contributed by atoms with Crippen LogP contribution in [0.2, 0.25) is 0 Å². The summed E-state index contributed by atoms with van der Waals surface area (Å²) in [5.74, 6) is -0.0333. The number of nitrogens with one attached hydrogen (secondary N) is 2. The summed E-state index contributed by atoms with van der Waals surface area (Å²) in [5.41, 5.74) is 1.35. The number of nitrogens with zero attached hydrogens (tertiary/aromatic N) is 2. The molecule has 1 aromatic carbocycles. The van der Waals surface area contributed by atoms with Crippen molar-refractivity contribution in [2.75, 3.05) is 13.7 Å². The smallest absolute Gasteiger partial charge is 0.322 e. The van der Waals surface area contributed by atoms with Crippen LogP contribution in [0.4, 0.5) is 4.79 Å². The first kappa shape index (κ1) is 19.5. The Morgan fingerprint density at radius 3 is 2.79 bits per heavy atom. The van der Waals surface area contributed by atoms with Crippen molar-refractivity contribution in [1.82, 2.24) is 20.5 Å². The summed E-state index contributed by atoms with van der Waals surface area (Å²) in [6, 6.07) is 9.83. The number of hydrogen-bond acceptors (Lipinski definition) is 7. The number of pyridine rings is 1. The van der Waals surface area contributed by atoms with Crippen LogP contribution in [0, 0.1) is 0 Å². The molecule has 2 aliphatic rings. The van der Waals surface area contributed by atoms with Gasteiger partial charge in [-0.3, -0.25) is 19.9 Å². The van der Waals surface area contributed by atoms with Crippen molar-refractivity contribution >= 4 is 39.9 Å². The topological polar surface area (TPSA) is 127 Å². The fourth-order valence-corrected chi connectivity index (χ4v) is 4.59. The van der Waals surface area contributed by atoms with Crippen molar-refractivity contribution < 1.29 is 28.0 Å². The molecule has 6 rings (SSSR count). The molecule has 0 spiro atoms. The monoisotopic (exact) mass is 446 g/mol. The van der Waals surface area contributed by atoms with Crippen molar-refractivity contribution in [1.29, 1.82) is 0 Å². The predicted octanol–water partition coefficient (Wildman–Crippen LogP) is 2.41. The predicted molar refractivity (Wildman–Crippen MR) is 114 cm³/mol. The van der Waals surface area contributed by atoms with Crippen molar-refractivity contribution in [3.63, 3.8) is 0 Å². The second-order valence-electron chi connectivity index (χ2n) is 8.13. The Bertz CT molecular complexity index is 1440. The Kier molecular flexibility index (Phi) is 4.08. The van der Waals surface area contributed by atoms with E-state index in [4.69, 9.17) is 13.6 Å². The molecular weight excluding hydrogens is 428 g/mol. The molecule has 1 atom stereocenters. The average molecular weight is 446 g/mol. The van der Waals surface area contributed by atoms with Crippen molar-refractivity contribution in [3.05, 3.63) is 65.2 Å². The molecular formula is C23H18N4O6. The van der Waals surface area contributed by atoms with Gasteiger partial charge in [-0.15, -0.1) is 0 Å². The summed E-state index contributed by atoms with van der Waals surface area (Å²) < 4.78 is 16.8. The minimum Gasteiger partial charge on any atom is -0.459 e. The van der Waals surface area contributed by atoms with Gasteiger partial charge in [-0.25, -0.2) is 4.79 Å². The Hall–Kier alpha value is -4.18. The zero-order valence-corrected chi connectivity index (χ0v) is 17.5. The first-order chi connectivity index (χ1) is 16.0. The quantitative estimate of drug-likeness (QED) is 0.451. The van der Waals surface area contributed by atoms with Crippen molar-refractivity contribution in [2.45, 2.75) is 18.7 Å². The number of rotatable bonds is 5. The van der Waals surface area contributed by atoms with Crippen LogP contribution in [0.3, 0.4) is 0 Å². The lowest BCUT2D eigenvalue weighted by Crippen LogP contribution is -2.52. The van der Waals surface area contributed by atoms with E-state index in [0.29, 0.717) is 33.4 Å². The summed E-state index contributed by atoms with van der Waals surface area (Å²) in [5, 5.41) is 5.64. The number of hydrogen-bond donors (Lipinski definition) is 2. The molecule has 2 N–H and O–H groups in total. The molecule has 10 nitrogen and oxygen atoms in total. The number of imide groups is 1. The minimum absolute atomic E-state index is 0.109. The van der Waals surface area contributed by atoms with Crippen LogP contribution >= 0.6 is 0 Å². The number of ether oxygens (including phenoxy) is 1. The zero-order valence-electron chi connectivity index (χ0n) is 17.5. The summed E-state index contributed by atoms with van der Waals surface area (Å²) in [6.07, 6.45) is 1.61. The van der Waals surface area contributed by atoms with Gasteiger partial charge >= 0.3 is 6.03 Å². The second-order valence-corrected chi connectivity index (χ2v) is 8.13. The van der Waals surface area contributed by atoms with Crippen LogP contribution in [0.15, 0.2) is 51.4 Å². The summed E-state index contributed by atoms with van der Waals surface area (Å²) >= 11 is 0. The highest BCUT2D eigenvalue weighted by atomic mass is 16.5. The van der Waals surface area contributed by atoms with Crippen LogP contribution in [0.25, 0.3) is 22.1 Å². The third-order valence-corrected chi connectivity index (χ3v) is 6.06. The number of furan rings is 2. The van der Waals surface area contributed by atoms with Gasteiger partial charge in [-0.2, -0.15) is 0 Å². The van der Waals surface area contributed by atoms with E-state index in [1.807, 2.05) is 12.1 Å². The van der Waals surface area contributed by atoms with Gasteiger partial charge < -0.3 is 23.8 Å². The largest absolute Gasteiger partial charge is 0.459 e. The lowest BCUT2D eigenvalue weighted by molar-refractivity contribution is -0.125. The highest BCUT2D eigenvalue weighted by molar-refractivity contribution is 6.11. The molecule has 2 aliphatic heterocycles. The molecule has 10 heteroatoms. The molecule has 0 radical (unpaired) electrons. The van der Waals surface area contributed by atoms with E-state index in [1.165, 1.54) is 4.90 Å². The molecule has 4 amide bonds. The average Bonchev–Trinajstić information content (AvgIpc) is 3.53. The number of carbonyl (C=O) groups is 3. The molecule has 33 heavy (non-hydrogen) atoms. The first-order valence-corrected chi connectivity index (χ1v) is 10.3. The fraction of sp³-hybridized carbons (Fsp3) is 0.217. The van der Waals surface area contributed by atoms with Gasteiger partial charge in [0.05, 0.1) is 12.1 Å². The maximum Gasteiger partial charge on any atom is 0.322 e. The number of aromatic nitrogens is 1. The summed E-state index contributed by atoms with van der Waals surface area (Å²) in [7, 11) is 1.57. The zero-order chi connectivity index (χ0) is 22.7. The highest BCUT2D eigenvalue weighted by Gasteiger charge is 2.53. The van der Waals surface area contributed by atoms with E-state index < -0.39 is 17.5 Å². The molecule has 3 aromatic heterocycles. The Morgan fingerprint density at radius 2 is 2.03 bits per heavy atom. The Labute approximate surface area is 186 Å². The second kappa shape index (κ2) is 6.91. The highest BCUT2D eigenvalue weighted by Crippen LogP contribution is 2.36. The van der Waals surface area contributed by atoms with Gasteiger partial charge in [-0.05, 0) is 29.8 Å².